The molecule has 0 fully saturated rings. The first-order valence-electron chi connectivity index (χ1n) is 12.7. The number of carbonyl (C=O) groups is 1. The molecule has 0 saturated carbocycles. The molecule has 40 heavy (non-hydrogen) atoms. The van der Waals surface area contributed by atoms with Crippen LogP contribution in [0.3, 0.4) is 0 Å². The molecular formula is C28H32N6O5S. The predicted molar refractivity (Wildman–Crippen MR) is 156 cm³/mol. The first-order chi connectivity index (χ1) is 19.2. The van der Waals surface area contributed by atoms with Crippen LogP contribution in [-0.4, -0.2) is 63.0 Å². The molecule has 4 aromatic rings. The summed E-state index contributed by atoms with van der Waals surface area (Å²) < 4.78 is 40.2. The fourth-order valence-electron chi connectivity index (χ4n) is 3.95. The Morgan fingerprint density at radius 3 is 2.05 bits per heavy atom. The summed E-state index contributed by atoms with van der Waals surface area (Å²) in [4.78, 5) is 23.5. The van der Waals surface area contributed by atoms with Crippen molar-refractivity contribution in [2.75, 3.05) is 49.2 Å². The van der Waals surface area contributed by atoms with E-state index in [2.05, 4.69) is 25.3 Å². The van der Waals surface area contributed by atoms with Gasteiger partial charge in [0.05, 0.1) is 36.7 Å². The van der Waals surface area contributed by atoms with E-state index in [0.29, 0.717) is 33.9 Å². The lowest BCUT2D eigenvalue weighted by molar-refractivity contribution is -0.117. The largest absolute Gasteiger partial charge is 0.497 e. The van der Waals surface area contributed by atoms with Crippen LogP contribution in [0.25, 0.3) is 11.0 Å². The summed E-state index contributed by atoms with van der Waals surface area (Å²) in [5.41, 5.74) is 2.00. The number of nitrogens with one attached hydrogen (secondary N) is 3. The molecule has 0 spiro atoms. The zero-order valence-electron chi connectivity index (χ0n) is 22.8. The number of amides is 1. The number of nitrogens with zero attached hydrogens (tertiary/aromatic N) is 3. The highest BCUT2D eigenvalue weighted by molar-refractivity contribution is 7.92. The SMILES string of the molecule is CCN(CC)CC(=O)Nc1cccc(S(=O)(=O)Nc2nc3ccccc3nc2Nc2cc(OC)cc(OC)c2)c1. The molecule has 4 rings (SSSR count). The van der Waals surface area contributed by atoms with Crippen LogP contribution in [-0.2, 0) is 14.8 Å². The molecule has 1 amide bonds. The van der Waals surface area contributed by atoms with E-state index in [0.717, 1.165) is 13.1 Å². The molecule has 0 unspecified atom stereocenters. The van der Waals surface area contributed by atoms with Crippen LogP contribution >= 0.6 is 0 Å². The van der Waals surface area contributed by atoms with Crippen LogP contribution in [0, 0.1) is 0 Å². The number of likely N-dealkylation sites (N-methyl/N-ethyl adjacent to an activating group) is 1. The van der Waals surface area contributed by atoms with Gasteiger partial charge in [0.15, 0.2) is 11.6 Å². The third kappa shape index (κ3) is 6.96. The zero-order chi connectivity index (χ0) is 28.7. The van der Waals surface area contributed by atoms with E-state index in [-0.39, 0.29) is 29.0 Å². The number of carbonyl (C=O) groups excluding carboxylic acids is 1. The number of fused-ring (bicyclic) bond motifs is 1. The topological polar surface area (TPSA) is 135 Å². The van der Waals surface area contributed by atoms with Gasteiger partial charge >= 0.3 is 0 Å². The molecule has 1 aromatic heterocycles. The Bertz CT molecular complexity index is 1590. The Labute approximate surface area is 233 Å². The molecule has 0 saturated heterocycles. The van der Waals surface area contributed by atoms with Crippen molar-refractivity contribution in [3.05, 3.63) is 66.7 Å². The number of hydrogen-bond donors (Lipinski definition) is 3. The standard InChI is InChI=1S/C28H32N6O5S/c1-5-34(6-2)18-26(35)29-19-10-9-11-23(16-19)40(36,37)33-28-27(31-24-12-7-8-13-25(24)32-28)30-20-14-21(38-3)17-22(15-20)39-4/h7-17H,5-6,18H2,1-4H3,(H,29,35)(H,30,31)(H,32,33). The third-order valence-electron chi connectivity index (χ3n) is 6.11. The summed E-state index contributed by atoms with van der Waals surface area (Å²) >= 11 is 0. The normalized spacial score (nSPS) is 11.3. The van der Waals surface area contributed by atoms with Crippen molar-refractivity contribution in [1.29, 1.82) is 0 Å². The van der Waals surface area contributed by atoms with Crippen LogP contribution in [0.5, 0.6) is 11.5 Å². The van der Waals surface area contributed by atoms with Crippen molar-refractivity contribution in [2.45, 2.75) is 18.7 Å². The van der Waals surface area contributed by atoms with Crippen molar-refractivity contribution < 1.29 is 22.7 Å². The maximum atomic E-state index is 13.5. The quantitative estimate of drug-likeness (QED) is 0.228. The van der Waals surface area contributed by atoms with Gasteiger partial charge in [0, 0.05) is 29.6 Å². The smallest absolute Gasteiger partial charge is 0.263 e. The molecule has 12 heteroatoms. The van der Waals surface area contributed by atoms with Gasteiger partial charge in [-0.1, -0.05) is 32.0 Å². The molecule has 0 radical (unpaired) electrons. The van der Waals surface area contributed by atoms with Crippen molar-refractivity contribution >= 4 is 50.0 Å². The third-order valence-corrected chi connectivity index (χ3v) is 7.44. The molecule has 210 valence electrons. The summed E-state index contributed by atoms with van der Waals surface area (Å²) in [6, 6.07) is 18.3. The number of benzene rings is 3. The molecule has 0 aliphatic rings. The van der Waals surface area contributed by atoms with Gasteiger partial charge in [-0.05, 0) is 43.4 Å². The zero-order valence-corrected chi connectivity index (χ0v) is 23.6. The van der Waals surface area contributed by atoms with Gasteiger partial charge < -0.3 is 20.1 Å². The van der Waals surface area contributed by atoms with Gasteiger partial charge in [0.25, 0.3) is 10.0 Å². The highest BCUT2D eigenvalue weighted by Crippen LogP contribution is 2.31. The first-order valence-corrected chi connectivity index (χ1v) is 14.1. The monoisotopic (exact) mass is 564 g/mol. The maximum absolute atomic E-state index is 13.5. The Morgan fingerprint density at radius 2 is 1.45 bits per heavy atom. The van der Waals surface area contributed by atoms with E-state index in [1.54, 1.807) is 48.5 Å². The highest BCUT2D eigenvalue weighted by atomic mass is 32.2. The predicted octanol–water partition coefficient (Wildman–Crippen LogP) is 4.47. The second-order valence-electron chi connectivity index (χ2n) is 8.78. The van der Waals surface area contributed by atoms with E-state index >= 15 is 0 Å². The molecule has 1 heterocycles. The minimum absolute atomic E-state index is 0.00328. The average Bonchev–Trinajstić information content (AvgIpc) is 2.95. The Kier molecular flexibility index (Phi) is 9.02. The number of ether oxygens (including phenoxy) is 2. The second kappa shape index (κ2) is 12.6. The van der Waals surface area contributed by atoms with Gasteiger partial charge in [-0.25, -0.2) is 18.4 Å². The molecule has 0 bridgehead atoms. The van der Waals surface area contributed by atoms with Crippen LogP contribution < -0.4 is 24.8 Å². The minimum Gasteiger partial charge on any atom is -0.497 e. The number of para-hydroxylation sites is 2. The van der Waals surface area contributed by atoms with Crippen molar-refractivity contribution in [3.63, 3.8) is 0 Å². The average molecular weight is 565 g/mol. The number of aromatic nitrogens is 2. The van der Waals surface area contributed by atoms with Gasteiger partial charge in [-0.3, -0.25) is 14.4 Å². The fraction of sp³-hybridized carbons (Fsp3) is 0.250. The highest BCUT2D eigenvalue weighted by Gasteiger charge is 2.20. The number of rotatable bonds is 12. The Hall–Kier alpha value is -4.42. The second-order valence-corrected chi connectivity index (χ2v) is 10.5. The molecule has 0 aliphatic heterocycles. The van der Waals surface area contributed by atoms with Crippen LogP contribution in [0.1, 0.15) is 13.8 Å². The lowest BCUT2D eigenvalue weighted by Gasteiger charge is -2.17. The van der Waals surface area contributed by atoms with Crippen LogP contribution in [0.2, 0.25) is 0 Å². The van der Waals surface area contributed by atoms with Gasteiger partial charge in [0.2, 0.25) is 5.91 Å². The Balaban J connectivity index is 1.66. The number of sulfonamides is 1. The van der Waals surface area contributed by atoms with E-state index in [9.17, 15) is 13.2 Å². The molecule has 0 aliphatic carbocycles. The van der Waals surface area contributed by atoms with Gasteiger partial charge in [-0.2, -0.15) is 0 Å². The minimum atomic E-state index is -4.12. The van der Waals surface area contributed by atoms with E-state index in [1.807, 2.05) is 24.8 Å². The number of methoxy groups -OCH3 is 2. The molecule has 11 nitrogen and oxygen atoms in total. The van der Waals surface area contributed by atoms with E-state index in [4.69, 9.17) is 9.47 Å². The Morgan fingerprint density at radius 1 is 0.825 bits per heavy atom. The van der Waals surface area contributed by atoms with Crippen molar-refractivity contribution in [1.82, 2.24) is 14.9 Å². The molecule has 0 atom stereocenters. The van der Waals surface area contributed by atoms with Crippen molar-refractivity contribution in [3.8, 4) is 11.5 Å². The lowest BCUT2D eigenvalue weighted by Crippen LogP contribution is -2.32. The summed E-state index contributed by atoms with van der Waals surface area (Å²) in [7, 11) is -1.05. The number of anilines is 4. The fourth-order valence-corrected chi connectivity index (χ4v) is 5.01. The van der Waals surface area contributed by atoms with Gasteiger partial charge in [0.1, 0.15) is 11.5 Å². The van der Waals surface area contributed by atoms with E-state index in [1.165, 1.54) is 26.4 Å². The molecular weight excluding hydrogens is 532 g/mol. The summed E-state index contributed by atoms with van der Waals surface area (Å²) in [6.45, 7) is 5.61. The summed E-state index contributed by atoms with van der Waals surface area (Å²) in [5, 5.41) is 5.90. The summed E-state index contributed by atoms with van der Waals surface area (Å²) in [6.07, 6.45) is 0. The maximum Gasteiger partial charge on any atom is 0.263 e. The molecule has 3 N–H and O–H groups in total. The first kappa shape index (κ1) is 28.6. The lowest BCUT2D eigenvalue weighted by atomic mass is 10.2. The number of hydrogen-bond acceptors (Lipinski definition) is 9. The van der Waals surface area contributed by atoms with Gasteiger partial charge in [-0.15, -0.1) is 0 Å². The van der Waals surface area contributed by atoms with Crippen LogP contribution in [0.4, 0.5) is 23.0 Å². The molecule has 3 aromatic carbocycles. The van der Waals surface area contributed by atoms with Crippen molar-refractivity contribution in [2.24, 2.45) is 0 Å². The summed E-state index contributed by atoms with van der Waals surface area (Å²) in [5.74, 6) is 1.03. The van der Waals surface area contributed by atoms with Crippen LogP contribution in [0.15, 0.2) is 71.6 Å². The van der Waals surface area contributed by atoms with E-state index < -0.39 is 10.0 Å².